The topological polar surface area (TPSA) is 38.9 Å². The van der Waals surface area contributed by atoms with Crippen LogP contribution in [0.5, 0.6) is 0 Å². The molecule has 0 radical (unpaired) electrons. The van der Waals surface area contributed by atoms with Crippen LogP contribution in [0.25, 0.3) is 22.8 Å². The van der Waals surface area contributed by atoms with Crippen molar-refractivity contribution in [3.05, 3.63) is 58.6 Å². The molecule has 2 aromatic carbocycles. The fraction of sp³-hybridized carbons (Fsp3) is 0. The third kappa shape index (κ3) is 2.34. The van der Waals surface area contributed by atoms with Crippen LogP contribution in [0.2, 0.25) is 0 Å². The predicted octanol–water partition coefficient (Wildman–Crippen LogP) is 4.44. The maximum Gasteiger partial charge on any atom is 0.258 e. The van der Waals surface area contributed by atoms with Gasteiger partial charge in [-0.15, -0.1) is 0 Å². The monoisotopic (exact) mass is 336 g/mol. The molecule has 1 heterocycles. The smallest absolute Gasteiger partial charge is 0.258 e. The first-order chi connectivity index (χ1) is 9.65. The van der Waals surface area contributed by atoms with E-state index >= 15 is 0 Å². The fourth-order valence-electron chi connectivity index (χ4n) is 1.72. The Morgan fingerprint density at radius 3 is 2.55 bits per heavy atom. The van der Waals surface area contributed by atoms with Crippen molar-refractivity contribution in [1.82, 2.24) is 10.1 Å². The van der Waals surface area contributed by atoms with Gasteiger partial charge in [-0.1, -0.05) is 33.2 Å². The van der Waals surface area contributed by atoms with Crippen LogP contribution in [-0.2, 0) is 0 Å². The van der Waals surface area contributed by atoms with Crippen molar-refractivity contribution >= 4 is 15.9 Å². The van der Waals surface area contributed by atoms with Gasteiger partial charge in [0.2, 0.25) is 5.82 Å². The Balaban J connectivity index is 2.02. The second-order valence-electron chi connectivity index (χ2n) is 4.03. The van der Waals surface area contributed by atoms with Crippen LogP contribution in [-0.4, -0.2) is 10.1 Å². The van der Waals surface area contributed by atoms with Crippen molar-refractivity contribution in [2.24, 2.45) is 0 Å². The van der Waals surface area contributed by atoms with Gasteiger partial charge in [0.05, 0.1) is 0 Å². The standard InChI is InChI=1S/C14H7BrF2N2O/c15-10-4-2-1-3-9(10)13-18-14(20-19-13)8-5-6-11(16)12(17)7-8/h1-7H. The fourth-order valence-corrected chi connectivity index (χ4v) is 2.18. The van der Waals surface area contributed by atoms with Gasteiger partial charge in [-0.25, -0.2) is 8.78 Å². The quantitative estimate of drug-likeness (QED) is 0.694. The third-order valence-corrected chi connectivity index (χ3v) is 3.40. The molecule has 3 rings (SSSR count). The Morgan fingerprint density at radius 2 is 1.80 bits per heavy atom. The third-order valence-electron chi connectivity index (χ3n) is 2.71. The van der Waals surface area contributed by atoms with Gasteiger partial charge in [0, 0.05) is 15.6 Å². The summed E-state index contributed by atoms with van der Waals surface area (Å²) in [4.78, 5) is 4.19. The number of hydrogen-bond acceptors (Lipinski definition) is 3. The van der Waals surface area contributed by atoms with Gasteiger partial charge in [0.15, 0.2) is 11.6 Å². The number of nitrogens with zero attached hydrogens (tertiary/aromatic N) is 2. The van der Waals surface area contributed by atoms with Gasteiger partial charge in [-0.3, -0.25) is 0 Å². The molecule has 0 bridgehead atoms. The van der Waals surface area contributed by atoms with E-state index in [1.165, 1.54) is 6.07 Å². The van der Waals surface area contributed by atoms with Crippen LogP contribution in [0.15, 0.2) is 51.5 Å². The van der Waals surface area contributed by atoms with Gasteiger partial charge in [-0.05, 0) is 30.3 Å². The predicted molar refractivity (Wildman–Crippen MR) is 72.8 cm³/mol. The molecular formula is C14H7BrF2N2O. The normalized spacial score (nSPS) is 10.8. The Kier molecular flexibility index (Phi) is 3.31. The van der Waals surface area contributed by atoms with Crippen LogP contribution in [0, 0.1) is 11.6 Å². The molecule has 0 unspecified atom stereocenters. The molecule has 3 nitrogen and oxygen atoms in total. The number of halogens is 3. The van der Waals surface area contributed by atoms with E-state index in [-0.39, 0.29) is 5.89 Å². The number of benzene rings is 2. The Labute approximate surface area is 121 Å². The lowest BCUT2D eigenvalue weighted by molar-refractivity contribution is 0.431. The highest BCUT2D eigenvalue weighted by Crippen LogP contribution is 2.28. The minimum Gasteiger partial charge on any atom is -0.334 e. The summed E-state index contributed by atoms with van der Waals surface area (Å²) < 4.78 is 32.0. The van der Waals surface area contributed by atoms with E-state index in [1.54, 1.807) is 0 Å². The summed E-state index contributed by atoms with van der Waals surface area (Å²) in [7, 11) is 0. The first kappa shape index (κ1) is 12.9. The number of rotatable bonds is 2. The zero-order chi connectivity index (χ0) is 14.1. The molecule has 0 spiro atoms. The van der Waals surface area contributed by atoms with Crippen LogP contribution in [0.1, 0.15) is 0 Å². The van der Waals surface area contributed by atoms with Gasteiger partial charge >= 0.3 is 0 Å². The zero-order valence-electron chi connectivity index (χ0n) is 9.98. The Bertz CT molecular complexity index is 773. The SMILES string of the molecule is Fc1ccc(-c2nc(-c3ccccc3Br)no2)cc1F. The lowest BCUT2D eigenvalue weighted by atomic mass is 10.2. The summed E-state index contributed by atoms with van der Waals surface area (Å²) in [5.41, 5.74) is 1.08. The van der Waals surface area contributed by atoms with Crippen molar-refractivity contribution in [2.45, 2.75) is 0 Å². The molecule has 0 atom stereocenters. The van der Waals surface area contributed by atoms with E-state index in [2.05, 4.69) is 26.1 Å². The highest BCUT2D eigenvalue weighted by molar-refractivity contribution is 9.10. The van der Waals surface area contributed by atoms with Crippen molar-refractivity contribution < 1.29 is 13.3 Å². The van der Waals surface area contributed by atoms with Crippen molar-refractivity contribution in [1.29, 1.82) is 0 Å². The second-order valence-corrected chi connectivity index (χ2v) is 4.89. The number of aromatic nitrogens is 2. The minimum atomic E-state index is -0.955. The van der Waals surface area contributed by atoms with E-state index in [0.29, 0.717) is 11.4 Å². The van der Waals surface area contributed by atoms with Crippen molar-refractivity contribution in [3.8, 4) is 22.8 Å². The van der Waals surface area contributed by atoms with E-state index < -0.39 is 11.6 Å². The molecular weight excluding hydrogens is 330 g/mol. The summed E-state index contributed by atoms with van der Waals surface area (Å²) in [6.07, 6.45) is 0. The number of hydrogen-bond donors (Lipinski definition) is 0. The van der Waals surface area contributed by atoms with Crippen molar-refractivity contribution in [3.63, 3.8) is 0 Å². The molecule has 3 aromatic rings. The molecule has 20 heavy (non-hydrogen) atoms. The maximum atomic E-state index is 13.2. The first-order valence-electron chi connectivity index (χ1n) is 5.69. The lowest BCUT2D eigenvalue weighted by Gasteiger charge is -1.97. The van der Waals surface area contributed by atoms with E-state index in [1.807, 2.05) is 24.3 Å². The van der Waals surface area contributed by atoms with E-state index in [0.717, 1.165) is 22.2 Å². The average molecular weight is 337 g/mol. The van der Waals surface area contributed by atoms with Gasteiger partial charge in [-0.2, -0.15) is 4.98 Å². The van der Waals surface area contributed by atoms with Crippen LogP contribution in [0.3, 0.4) is 0 Å². The van der Waals surface area contributed by atoms with Crippen LogP contribution >= 0.6 is 15.9 Å². The summed E-state index contributed by atoms with van der Waals surface area (Å²) in [6.45, 7) is 0. The molecule has 0 aliphatic carbocycles. The van der Waals surface area contributed by atoms with Crippen molar-refractivity contribution in [2.75, 3.05) is 0 Å². The maximum absolute atomic E-state index is 13.2. The van der Waals surface area contributed by atoms with Gasteiger partial charge in [0.1, 0.15) is 0 Å². The summed E-state index contributed by atoms with van der Waals surface area (Å²) >= 11 is 3.39. The molecule has 6 heteroatoms. The molecule has 0 saturated carbocycles. The highest BCUT2D eigenvalue weighted by atomic mass is 79.9. The second kappa shape index (κ2) is 5.13. The molecule has 0 aliphatic rings. The van der Waals surface area contributed by atoms with E-state index in [9.17, 15) is 8.78 Å². The Hall–Kier alpha value is -2.08. The molecule has 0 fully saturated rings. The lowest BCUT2D eigenvalue weighted by Crippen LogP contribution is -1.86. The first-order valence-corrected chi connectivity index (χ1v) is 6.48. The largest absolute Gasteiger partial charge is 0.334 e. The summed E-state index contributed by atoms with van der Waals surface area (Å²) in [6, 6.07) is 10.8. The molecule has 0 amide bonds. The Morgan fingerprint density at radius 1 is 1.00 bits per heavy atom. The van der Waals surface area contributed by atoms with Gasteiger partial charge in [0.25, 0.3) is 5.89 Å². The summed E-state index contributed by atoms with van der Waals surface area (Å²) in [5.74, 6) is -1.37. The molecule has 0 saturated heterocycles. The minimum absolute atomic E-state index is 0.134. The van der Waals surface area contributed by atoms with Gasteiger partial charge < -0.3 is 4.52 Å². The zero-order valence-corrected chi connectivity index (χ0v) is 11.6. The molecule has 0 N–H and O–H groups in total. The molecule has 0 aliphatic heterocycles. The highest BCUT2D eigenvalue weighted by Gasteiger charge is 2.14. The van der Waals surface area contributed by atoms with Crippen LogP contribution in [0.4, 0.5) is 8.78 Å². The summed E-state index contributed by atoms with van der Waals surface area (Å²) in [5, 5.41) is 3.84. The molecule has 100 valence electrons. The molecule has 1 aromatic heterocycles. The van der Waals surface area contributed by atoms with E-state index in [4.69, 9.17) is 4.52 Å². The average Bonchev–Trinajstić information content (AvgIpc) is 2.92. The van der Waals surface area contributed by atoms with Crippen LogP contribution < -0.4 is 0 Å².